The Bertz CT molecular complexity index is 801. The maximum atomic E-state index is 12.7. The topological polar surface area (TPSA) is 72.3 Å². The lowest BCUT2D eigenvalue weighted by Gasteiger charge is -2.28. The van der Waals surface area contributed by atoms with Crippen molar-refractivity contribution in [1.29, 1.82) is 0 Å². The fourth-order valence-corrected chi connectivity index (χ4v) is 4.68. The second-order valence-electron chi connectivity index (χ2n) is 7.69. The van der Waals surface area contributed by atoms with Gasteiger partial charge in [-0.1, -0.05) is 30.0 Å². The first kappa shape index (κ1) is 20.2. The van der Waals surface area contributed by atoms with E-state index in [1.807, 2.05) is 37.3 Å². The van der Waals surface area contributed by atoms with Gasteiger partial charge in [0.05, 0.1) is 17.9 Å². The predicted octanol–water partition coefficient (Wildman–Crippen LogP) is 3.57. The zero-order chi connectivity index (χ0) is 20.1. The number of hydrogen-bond donors (Lipinski definition) is 1. The van der Waals surface area contributed by atoms with Gasteiger partial charge in [0.25, 0.3) is 0 Å². The van der Waals surface area contributed by atoms with Crippen molar-refractivity contribution < 1.29 is 9.53 Å². The van der Waals surface area contributed by atoms with Gasteiger partial charge in [-0.25, -0.2) is 0 Å². The van der Waals surface area contributed by atoms with E-state index in [0.717, 1.165) is 55.9 Å². The van der Waals surface area contributed by atoms with E-state index in [0.29, 0.717) is 0 Å². The first-order valence-electron chi connectivity index (χ1n) is 10.5. The molecule has 2 aromatic rings. The van der Waals surface area contributed by atoms with Gasteiger partial charge in [0.15, 0.2) is 5.16 Å². The van der Waals surface area contributed by atoms with Crippen molar-refractivity contribution in [3.8, 4) is 0 Å². The van der Waals surface area contributed by atoms with Crippen molar-refractivity contribution in [2.24, 2.45) is 0 Å². The van der Waals surface area contributed by atoms with Crippen molar-refractivity contribution in [1.82, 2.24) is 14.8 Å². The van der Waals surface area contributed by atoms with Crippen LogP contribution < -0.4 is 10.2 Å². The first-order valence-corrected chi connectivity index (χ1v) is 11.4. The lowest BCUT2D eigenvalue weighted by Crippen LogP contribution is -2.33. The van der Waals surface area contributed by atoms with Gasteiger partial charge in [-0.15, -0.1) is 10.2 Å². The van der Waals surface area contributed by atoms with Crippen LogP contribution in [0.15, 0.2) is 35.5 Å². The van der Waals surface area contributed by atoms with Crippen LogP contribution in [0, 0.1) is 0 Å². The Morgan fingerprint density at radius 3 is 2.72 bits per heavy atom. The highest BCUT2D eigenvalue weighted by Gasteiger charge is 2.26. The van der Waals surface area contributed by atoms with Gasteiger partial charge >= 0.3 is 0 Å². The van der Waals surface area contributed by atoms with Crippen molar-refractivity contribution in [2.75, 3.05) is 29.9 Å². The summed E-state index contributed by atoms with van der Waals surface area (Å²) in [6.45, 7) is 5.50. The SMILES string of the molecule is CC(Sc1nnc(N2CCCCC2)n1CC1CCCO1)C(=O)Nc1ccccc1. The molecule has 0 bridgehead atoms. The highest BCUT2D eigenvalue weighted by Crippen LogP contribution is 2.29. The molecular formula is C21H29N5O2S. The van der Waals surface area contributed by atoms with Gasteiger partial charge in [0.1, 0.15) is 0 Å². The number of aromatic nitrogens is 3. The van der Waals surface area contributed by atoms with E-state index in [4.69, 9.17) is 4.74 Å². The maximum absolute atomic E-state index is 12.7. The highest BCUT2D eigenvalue weighted by molar-refractivity contribution is 8.00. The van der Waals surface area contributed by atoms with Crippen LogP contribution in [0.2, 0.25) is 0 Å². The number of amides is 1. The molecule has 2 fully saturated rings. The summed E-state index contributed by atoms with van der Waals surface area (Å²) in [5.41, 5.74) is 0.805. The molecule has 0 saturated carbocycles. The molecule has 1 aromatic carbocycles. The van der Waals surface area contributed by atoms with Crippen LogP contribution >= 0.6 is 11.8 Å². The van der Waals surface area contributed by atoms with Gasteiger partial charge in [0, 0.05) is 25.4 Å². The summed E-state index contributed by atoms with van der Waals surface area (Å²) in [6, 6.07) is 9.55. The molecule has 2 aliphatic rings. The van der Waals surface area contributed by atoms with Gasteiger partial charge in [0.2, 0.25) is 11.9 Å². The Kier molecular flexibility index (Phi) is 6.71. The van der Waals surface area contributed by atoms with Gasteiger partial charge in [-0.2, -0.15) is 0 Å². The van der Waals surface area contributed by atoms with Crippen LogP contribution in [-0.2, 0) is 16.1 Å². The van der Waals surface area contributed by atoms with E-state index >= 15 is 0 Å². The molecule has 156 valence electrons. The number of nitrogens with one attached hydrogen (secondary N) is 1. The van der Waals surface area contributed by atoms with E-state index in [1.165, 1.54) is 31.0 Å². The summed E-state index contributed by atoms with van der Waals surface area (Å²) in [5, 5.41) is 12.5. The standard InChI is InChI=1S/C21H29N5O2S/c1-16(19(27)22-17-9-4-2-5-10-17)29-21-24-23-20(25-12-6-3-7-13-25)26(21)15-18-11-8-14-28-18/h2,4-5,9-10,16,18H,3,6-8,11-15H2,1H3,(H,22,27). The van der Waals surface area contributed by atoms with E-state index in [1.54, 1.807) is 0 Å². The van der Waals surface area contributed by atoms with Crippen molar-refractivity contribution >= 4 is 29.3 Å². The van der Waals surface area contributed by atoms with Crippen LogP contribution in [0.3, 0.4) is 0 Å². The molecule has 8 heteroatoms. The first-order chi connectivity index (χ1) is 14.2. The molecule has 3 heterocycles. The molecule has 2 saturated heterocycles. The van der Waals surface area contributed by atoms with Crippen molar-refractivity contribution in [2.45, 2.75) is 62.1 Å². The number of thioether (sulfide) groups is 1. The summed E-state index contributed by atoms with van der Waals surface area (Å²) in [6.07, 6.45) is 6.00. The maximum Gasteiger partial charge on any atom is 0.237 e. The Hall–Kier alpha value is -2.06. The third-order valence-corrected chi connectivity index (χ3v) is 6.52. The quantitative estimate of drug-likeness (QED) is 0.697. The Labute approximate surface area is 176 Å². The predicted molar refractivity (Wildman–Crippen MR) is 115 cm³/mol. The highest BCUT2D eigenvalue weighted by atomic mass is 32.2. The summed E-state index contributed by atoms with van der Waals surface area (Å²) in [5.74, 6) is 0.880. The minimum Gasteiger partial charge on any atom is -0.376 e. The van der Waals surface area contributed by atoms with E-state index in [9.17, 15) is 4.79 Å². The van der Waals surface area contributed by atoms with E-state index < -0.39 is 0 Å². The third kappa shape index (κ3) is 5.11. The molecule has 2 aliphatic heterocycles. The molecule has 1 aromatic heterocycles. The lowest BCUT2D eigenvalue weighted by molar-refractivity contribution is -0.115. The Balaban J connectivity index is 1.49. The molecule has 0 radical (unpaired) electrons. The largest absolute Gasteiger partial charge is 0.376 e. The molecule has 7 nitrogen and oxygen atoms in total. The Morgan fingerprint density at radius 2 is 2.00 bits per heavy atom. The fourth-order valence-electron chi connectivity index (χ4n) is 3.82. The molecule has 4 rings (SSSR count). The van der Waals surface area contributed by atoms with Gasteiger partial charge in [-0.05, 0) is 51.2 Å². The lowest BCUT2D eigenvalue weighted by atomic mass is 10.1. The minimum atomic E-state index is -0.281. The number of piperidine rings is 1. The number of para-hydroxylation sites is 1. The number of ether oxygens (including phenoxy) is 1. The van der Waals surface area contributed by atoms with Crippen LogP contribution in [0.1, 0.15) is 39.0 Å². The molecular weight excluding hydrogens is 386 g/mol. The van der Waals surface area contributed by atoms with E-state index in [2.05, 4.69) is 25.0 Å². The molecule has 1 amide bonds. The van der Waals surface area contributed by atoms with Gasteiger partial charge in [-0.3, -0.25) is 9.36 Å². The van der Waals surface area contributed by atoms with Crippen LogP contribution in [-0.4, -0.2) is 51.7 Å². The minimum absolute atomic E-state index is 0.0348. The van der Waals surface area contributed by atoms with Crippen LogP contribution in [0.4, 0.5) is 11.6 Å². The second-order valence-corrected chi connectivity index (χ2v) is 9.00. The number of anilines is 2. The number of carbonyl (C=O) groups excluding carboxylic acids is 1. The molecule has 0 spiro atoms. The number of hydrogen-bond acceptors (Lipinski definition) is 6. The molecule has 1 N–H and O–H groups in total. The third-order valence-electron chi connectivity index (χ3n) is 5.44. The van der Waals surface area contributed by atoms with Crippen molar-refractivity contribution in [3.63, 3.8) is 0 Å². The average molecular weight is 416 g/mol. The summed E-state index contributed by atoms with van der Waals surface area (Å²) < 4.78 is 8.04. The zero-order valence-electron chi connectivity index (χ0n) is 16.9. The van der Waals surface area contributed by atoms with Gasteiger partial charge < -0.3 is 15.0 Å². The van der Waals surface area contributed by atoms with Crippen LogP contribution in [0.5, 0.6) is 0 Å². The molecule has 0 aliphatic carbocycles. The average Bonchev–Trinajstić information content (AvgIpc) is 3.40. The van der Waals surface area contributed by atoms with Crippen LogP contribution in [0.25, 0.3) is 0 Å². The smallest absolute Gasteiger partial charge is 0.237 e. The Morgan fingerprint density at radius 1 is 1.21 bits per heavy atom. The van der Waals surface area contributed by atoms with E-state index in [-0.39, 0.29) is 17.3 Å². The number of benzene rings is 1. The monoisotopic (exact) mass is 415 g/mol. The number of rotatable bonds is 7. The zero-order valence-corrected chi connectivity index (χ0v) is 17.7. The fraction of sp³-hybridized carbons (Fsp3) is 0.571. The summed E-state index contributed by atoms with van der Waals surface area (Å²) in [7, 11) is 0. The summed E-state index contributed by atoms with van der Waals surface area (Å²) >= 11 is 1.46. The molecule has 29 heavy (non-hydrogen) atoms. The second kappa shape index (κ2) is 9.63. The molecule has 2 atom stereocenters. The van der Waals surface area contributed by atoms with Crippen molar-refractivity contribution in [3.05, 3.63) is 30.3 Å². The normalized spacial score (nSPS) is 20.6. The number of nitrogens with zero attached hydrogens (tertiary/aromatic N) is 4. The summed E-state index contributed by atoms with van der Waals surface area (Å²) in [4.78, 5) is 15.0. The number of carbonyl (C=O) groups is 1. The molecule has 2 unspecified atom stereocenters.